The fourth-order valence-electron chi connectivity index (χ4n) is 3.05. The van der Waals surface area contributed by atoms with Crippen LogP contribution < -0.4 is 9.47 Å². The maximum absolute atomic E-state index is 5.82. The van der Waals surface area contributed by atoms with Crippen molar-refractivity contribution in [2.24, 2.45) is 0 Å². The smallest absolute Gasteiger partial charge is 0.161 e. The van der Waals surface area contributed by atoms with Crippen molar-refractivity contribution in [1.82, 2.24) is 20.1 Å². The summed E-state index contributed by atoms with van der Waals surface area (Å²) in [7, 11) is 1.67. The van der Waals surface area contributed by atoms with Crippen LogP contribution in [0.2, 0.25) is 0 Å². The molecule has 1 fully saturated rings. The first-order valence-corrected chi connectivity index (χ1v) is 8.20. The summed E-state index contributed by atoms with van der Waals surface area (Å²) in [5.41, 5.74) is 0. The Morgan fingerprint density at radius 2 is 2.00 bits per heavy atom. The van der Waals surface area contributed by atoms with Crippen molar-refractivity contribution in [2.75, 3.05) is 33.4 Å². The zero-order valence-electron chi connectivity index (χ0n) is 13.6. The number of piperidine rings is 1. The quantitative estimate of drug-likeness (QED) is 0.795. The Morgan fingerprint density at radius 1 is 1.22 bits per heavy atom. The van der Waals surface area contributed by atoms with E-state index in [1.807, 2.05) is 24.3 Å². The standard InChI is InChI=1S/C17H24N4O2/c1-22-15-5-2-3-6-16(15)23-12-4-9-21-10-7-14(8-11-21)17-18-13-19-20-17/h2-3,5-6,13-14H,4,7-12H2,1H3,(H,18,19,20). The average Bonchev–Trinajstić information content (AvgIpc) is 3.14. The number of benzene rings is 1. The molecule has 1 aromatic carbocycles. The van der Waals surface area contributed by atoms with Gasteiger partial charge < -0.3 is 14.4 Å². The third-order valence-electron chi connectivity index (χ3n) is 4.35. The van der Waals surface area contributed by atoms with E-state index < -0.39 is 0 Å². The monoisotopic (exact) mass is 316 g/mol. The second-order valence-electron chi connectivity index (χ2n) is 5.84. The number of ether oxygens (including phenoxy) is 2. The van der Waals surface area contributed by atoms with Crippen LogP contribution in [0.4, 0.5) is 0 Å². The largest absolute Gasteiger partial charge is 0.493 e. The van der Waals surface area contributed by atoms with Crippen LogP contribution in [-0.2, 0) is 0 Å². The van der Waals surface area contributed by atoms with E-state index in [1.165, 1.54) is 0 Å². The first-order chi connectivity index (χ1) is 11.4. The topological polar surface area (TPSA) is 63.3 Å². The minimum atomic E-state index is 0.526. The SMILES string of the molecule is COc1ccccc1OCCCN1CCC(c2ncn[nH]2)CC1. The number of nitrogens with zero attached hydrogens (tertiary/aromatic N) is 3. The summed E-state index contributed by atoms with van der Waals surface area (Å²) in [6.07, 6.45) is 4.90. The molecule has 0 saturated carbocycles. The number of H-pyrrole nitrogens is 1. The van der Waals surface area contributed by atoms with Crippen molar-refractivity contribution < 1.29 is 9.47 Å². The summed E-state index contributed by atoms with van der Waals surface area (Å²) in [4.78, 5) is 6.77. The molecule has 6 heteroatoms. The van der Waals surface area contributed by atoms with Gasteiger partial charge in [0.05, 0.1) is 13.7 Å². The molecule has 0 atom stereocenters. The summed E-state index contributed by atoms with van der Waals surface area (Å²) in [6, 6.07) is 7.78. The molecule has 1 aromatic heterocycles. The van der Waals surface area contributed by atoms with Gasteiger partial charge in [0.1, 0.15) is 12.2 Å². The van der Waals surface area contributed by atoms with Gasteiger partial charge in [-0.15, -0.1) is 0 Å². The lowest BCUT2D eigenvalue weighted by Gasteiger charge is -2.30. The molecule has 2 aromatic rings. The Bertz CT molecular complexity index is 580. The number of para-hydroxylation sites is 2. The zero-order chi connectivity index (χ0) is 15.9. The second kappa shape index (κ2) is 7.97. The van der Waals surface area contributed by atoms with E-state index in [-0.39, 0.29) is 0 Å². The Balaban J connectivity index is 1.36. The number of hydrogen-bond acceptors (Lipinski definition) is 5. The second-order valence-corrected chi connectivity index (χ2v) is 5.84. The molecule has 23 heavy (non-hydrogen) atoms. The summed E-state index contributed by atoms with van der Waals surface area (Å²) in [5, 5.41) is 6.93. The van der Waals surface area contributed by atoms with Crippen molar-refractivity contribution in [2.45, 2.75) is 25.2 Å². The molecule has 0 unspecified atom stereocenters. The molecular weight excluding hydrogens is 292 g/mol. The van der Waals surface area contributed by atoms with E-state index in [2.05, 4.69) is 20.1 Å². The lowest BCUT2D eigenvalue weighted by Crippen LogP contribution is -2.34. The molecule has 0 bridgehead atoms. The maximum Gasteiger partial charge on any atom is 0.161 e. The lowest BCUT2D eigenvalue weighted by molar-refractivity contribution is 0.189. The van der Waals surface area contributed by atoms with Crippen molar-refractivity contribution in [1.29, 1.82) is 0 Å². The normalized spacial score (nSPS) is 16.4. The fraction of sp³-hybridized carbons (Fsp3) is 0.529. The van der Waals surface area contributed by atoms with Gasteiger partial charge in [0.15, 0.2) is 11.5 Å². The van der Waals surface area contributed by atoms with Crippen LogP contribution in [0.15, 0.2) is 30.6 Å². The molecule has 2 heterocycles. The molecule has 0 aliphatic carbocycles. The maximum atomic E-state index is 5.82. The predicted molar refractivity (Wildman–Crippen MR) is 87.9 cm³/mol. The summed E-state index contributed by atoms with van der Waals surface area (Å²) in [5.74, 6) is 3.17. The Labute approximate surface area is 136 Å². The van der Waals surface area contributed by atoms with Gasteiger partial charge in [0, 0.05) is 12.5 Å². The molecule has 124 valence electrons. The Kier molecular flexibility index (Phi) is 5.47. The van der Waals surface area contributed by atoms with Gasteiger partial charge in [-0.2, -0.15) is 5.10 Å². The highest BCUT2D eigenvalue weighted by molar-refractivity contribution is 5.39. The number of hydrogen-bond donors (Lipinski definition) is 1. The van der Waals surface area contributed by atoms with E-state index in [1.54, 1.807) is 13.4 Å². The van der Waals surface area contributed by atoms with Crippen LogP contribution in [0.3, 0.4) is 0 Å². The van der Waals surface area contributed by atoms with Crippen LogP contribution in [0.5, 0.6) is 11.5 Å². The number of rotatable bonds is 7. The molecule has 0 radical (unpaired) electrons. The number of aromatic nitrogens is 3. The molecule has 1 aliphatic heterocycles. The lowest BCUT2D eigenvalue weighted by atomic mass is 9.96. The van der Waals surface area contributed by atoms with Crippen LogP contribution in [0.1, 0.15) is 31.0 Å². The van der Waals surface area contributed by atoms with Crippen LogP contribution >= 0.6 is 0 Å². The van der Waals surface area contributed by atoms with Crippen LogP contribution in [0.25, 0.3) is 0 Å². The van der Waals surface area contributed by atoms with Gasteiger partial charge >= 0.3 is 0 Å². The first kappa shape index (κ1) is 15.8. The summed E-state index contributed by atoms with van der Waals surface area (Å²) in [6.45, 7) is 4.00. The molecule has 1 N–H and O–H groups in total. The number of nitrogens with one attached hydrogen (secondary N) is 1. The van der Waals surface area contributed by atoms with E-state index in [0.29, 0.717) is 12.5 Å². The van der Waals surface area contributed by atoms with Crippen molar-refractivity contribution in [3.8, 4) is 11.5 Å². The molecule has 1 saturated heterocycles. The van der Waals surface area contributed by atoms with Gasteiger partial charge in [0.2, 0.25) is 0 Å². The van der Waals surface area contributed by atoms with E-state index in [9.17, 15) is 0 Å². The summed E-state index contributed by atoms with van der Waals surface area (Å²) < 4.78 is 11.1. The van der Waals surface area contributed by atoms with E-state index in [0.717, 1.165) is 56.2 Å². The fourth-order valence-corrected chi connectivity index (χ4v) is 3.05. The number of aromatic amines is 1. The highest BCUT2D eigenvalue weighted by Crippen LogP contribution is 2.26. The number of likely N-dealkylation sites (tertiary alicyclic amines) is 1. The van der Waals surface area contributed by atoms with E-state index >= 15 is 0 Å². The highest BCUT2D eigenvalue weighted by atomic mass is 16.5. The average molecular weight is 316 g/mol. The number of methoxy groups -OCH3 is 1. The van der Waals surface area contributed by atoms with Crippen LogP contribution in [0, 0.1) is 0 Å². The minimum Gasteiger partial charge on any atom is -0.493 e. The van der Waals surface area contributed by atoms with Crippen molar-refractivity contribution in [3.63, 3.8) is 0 Å². The van der Waals surface area contributed by atoms with Gasteiger partial charge in [-0.05, 0) is 44.5 Å². The zero-order valence-corrected chi connectivity index (χ0v) is 13.6. The molecule has 6 nitrogen and oxygen atoms in total. The molecule has 1 aliphatic rings. The Hall–Kier alpha value is -2.08. The molecule has 0 amide bonds. The minimum absolute atomic E-state index is 0.526. The van der Waals surface area contributed by atoms with Crippen molar-refractivity contribution >= 4 is 0 Å². The van der Waals surface area contributed by atoms with Crippen molar-refractivity contribution in [3.05, 3.63) is 36.4 Å². The molecule has 3 rings (SSSR count). The molecule has 0 spiro atoms. The van der Waals surface area contributed by atoms with Crippen LogP contribution in [-0.4, -0.2) is 53.4 Å². The summed E-state index contributed by atoms with van der Waals surface area (Å²) >= 11 is 0. The van der Waals surface area contributed by atoms with Gasteiger partial charge in [-0.1, -0.05) is 12.1 Å². The molecular formula is C17H24N4O2. The first-order valence-electron chi connectivity index (χ1n) is 8.20. The van der Waals surface area contributed by atoms with Gasteiger partial charge in [0.25, 0.3) is 0 Å². The van der Waals surface area contributed by atoms with Gasteiger partial charge in [-0.25, -0.2) is 4.98 Å². The highest BCUT2D eigenvalue weighted by Gasteiger charge is 2.22. The van der Waals surface area contributed by atoms with E-state index in [4.69, 9.17) is 9.47 Å². The predicted octanol–water partition coefficient (Wildman–Crippen LogP) is 2.46. The third-order valence-corrected chi connectivity index (χ3v) is 4.35. The van der Waals surface area contributed by atoms with Gasteiger partial charge in [-0.3, -0.25) is 5.10 Å². The third kappa shape index (κ3) is 4.22. The Morgan fingerprint density at radius 3 is 2.70 bits per heavy atom.